The lowest BCUT2D eigenvalue weighted by atomic mass is 10.1. The van der Waals surface area contributed by atoms with Gasteiger partial charge in [0, 0.05) is 24.7 Å². The van der Waals surface area contributed by atoms with E-state index in [2.05, 4.69) is 15.6 Å². The average molecular weight is 354 g/mol. The molecule has 2 N–H and O–H groups in total. The summed E-state index contributed by atoms with van der Waals surface area (Å²) in [7, 11) is 1.84. The van der Waals surface area contributed by atoms with E-state index in [0.29, 0.717) is 18.1 Å². The molecule has 0 saturated carbocycles. The second-order valence-electron chi connectivity index (χ2n) is 7.39. The summed E-state index contributed by atoms with van der Waals surface area (Å²) in [6.07, 6.45) is 0. The van der Waals surface area contributed by atoms with Crippen molar-refractivity contribution >= 4 is 22.9 Å². The van der Waals surface area contributed by atoms with Crippen LogP contribution in [0.5, 0.6) is 0 Å². The van der Waals surface area contributed by atoms with E-state index in [1.165, 1.54) is 12.1 Å². The fraction of sp³-hybridized carbons (Fsp3) is 0.300. The summed E-state index contributed by atoms with van der Waals surface area (Å²) < 4.78 is 15.2. The first-order chi connectivity index (χ1) is 12.2. The van der Waals surface area contributed by atoms with Gasteiger partial charge in [-0.25, -0.2) is 9.37 Å². The van der Waals surface area contributed by atoms with Gasteiger partial charge < -0.3 is 15.2 Å². The number of fused-ring (bicyclic) bond motifs is 1. The van der Waals surface area contributed by atoms with E-state index < -0.39 is 0 Å². The van der Waals surface area contributed by atoms with Crippen LogP contribution in [0.4, 0.5) is 10.3 Å². The van der Waals surface area contributed by atoms with Gasteiger partial charge in [-0.3, -0.25) is 4.79 Å². The molecule has 3 aromatic rings. The summed E-state index contributed by atoms with van der Waals surface area (Å²) in [6.45, 7) is 6.36. The van der Waals surface area contributed by atoms with Crippen molar-refractivity contribution in [1.82, 2.24) is 14.9 Å². The molecular weight excluding hydrogens is 331 g/mol. The van der Waals surface area contributed by atoms with Crippen molar-refractivity contribution < 1.29 is 9.18 Å². The van der Waals surface area contributed by atoms with Crippen LogP contribution in [0.25, 0.3) is 11.0 Å². The molecule has 2 aromatic carbocycles. The van der Waals surface area contributed by atoms with Crippen molar-refractivity contribution in [3.8, 4) is 0 Å². The molecule has 0 aliphatic heterocycles. The highest BCUT2D eigenvalue weighted by atomic mass is 19.1. The van der Waals surface area contributed by atoms with Gasteiger partial charge in [0.2, 0.25) is 5.95 Å². The Balaban J connectivity index is 1.75. The van der Waals surface area contributed by atoms with Crippen LogP contribution in [0.15, 0.2) is 42.5 Å². The van der Waals surface area contributed by atoms with Crippen molar-refractivity contribution in [3.05, 3.63) is 59.4 Å². The lowest BCUT2D eigenvalue weighted by molar-refractivity contribution is 0.0919. The Morgan fingerprint density at radius 3 is 2.69 bits per heavy atom. The Labute approximate surface area is 152 Å². The molecule has 5 nitrogen and oxygen atoms in total. The number of imidazole rings is 1. The summed E-state index contributed by atoms with van der Waals surface area (Å²) in [4.78, 5) is 16.8. The Hall–Kier alpha value is -2.89. The zero-order valence-electron chi connectivity index (χ0n) is 15.4. The van der Waals surface area contributed by atoms with Crippen molar-refractivity contribution in [3.63, 3.8) is 0 Å². The van der Waals surface area contributed by atoms with Crippen molar-refractivity contribution in [2.75, 3.05) is 5.32 Å². The van der Waals surface area contributed by atoms with Crippen molar-refractivity contribution in [1.29, 1.82) is 0 Å². The summed E-state index contributed by atoms with van der Waals surface area (Å²) in [6, 6.07) is 12.0. The van der Waals surface area contributed by atoms with Crippen molar-refractivity contribution in [2.45, 2.75) is 32.9 Å². The van der Waals surface area contributed by atoms with Crippen LogP contribution in [0.2, 0.25) is 0 Å². The van der Waals surface area contributed by atoms with Crippen LogP contribution in [-0.2, 0) is 13.6 Å². The van der Waals surface area contributed by atoms with Crippen molar-refractivity contribution in [2.24, 2.45) is 7.05 Å². The monoisotopic (exact) mass is 354 g/mol. The number of aromatic nitrogens is 2. The van der Waals surface area contributed by atoms with E-state index >= 15 is 0 Å². The number of halogens is 1. The quantitative estimate of drug-likeness (QED) is 0.748. The predicted molar refractivity (Wildman–Crippen MR) is 102 cm³/mol. The first-order valence-corrected chi connectivity index (χ1v) is 8.50. The minimum atomic E-state index is -0.287. The second kappa shape index (κ2) is 6.78. The Morgan fingerprint density at radius 1 is 1.19 bits per heavy atom. The molecule has 1 heterocycles. The van der Waals surface area contributed by atoms with Gasteiger partial charge >= 0.3 is 0 Å². The molecule has 136 valence electrons. The lowest BCUT2D eigenvalue weighted by Gasteiger charge is -2.20. The molecule has 1 aromatic heterocycles. The average Bonchev–Trinajstić information content (AvgIpc) is 2.88. The molecular formula is C20H23FN4O. The smallest absolute Gasteiger partial charge is 0.251 e. The summed E-state index contributed by atoms with van der Waals surface area (Å²) >= 11 is 0. The molecule has 0 bridgehead atoms. The molecule has 3 rings (SSSR count). The van der Waals surface area contributed by atoms with Crippen LogP contribution in [0.1, 0.15) is 36.7 Å². The normalized spacial score (nSPS) is 11.6. The van der Waals surface area contributed by atoms with Gasteiger partial charge in [-0.1, -0.05) is 12.1 Å². The zero-order valence-corrected chi connectivity index (χ0v) is 15.4. The summed E-state index contributed by atoms with van der Waals surface area (Å²) in [5, 5.41) is 6.21. The van der Waals surface area contributed by atoms with Crippen LogP contribution < -0.4 is 10.6 Å². The van der Waals surface area contributed by atoms with Gasteiger partial charge in [-0.15, -0.1) is 0 Å². The Kier molecular flexibility index (Phi) is 4.68. The number of nitrogens with zero attached hydrogens (tertiary/aromatic N) is 2. The van der Waals surface area contributed by atoms with Gasteiger partial charge in [0.1, 0.15) is 5.82 Å². The molecule has 0 aliphatic carbocycles. The number of amides is 1. The van der Waals surface area contributed by atoms with E-state index in [4.69, 9.17) is 0 Å². The van der Waals surface area contributed by atoms with E-state index in [-0.39, 0.29) is 17.3 Å². The number of carbonyl (C=O) groups is 1. The fourth-order valence-electron chi connectivity index (χ4n) is 2.74. The Bertz CT molecular complexity index is 956. The third kappa shape index (κ3) is 4.02. The Morgan fingerprint density at radius 2 is 1.96 bits per heavy atom. The molecule has 0 unspecified atom stereocenters. The summed E-state index contributed by atoms with van der Waals surface area (Å²) in [5.74, 6) is 0.261. The van der Waals surface area contributed by atoms with Gasteiger partial charge in [0.15, 0.2) is 0 Å². The summed E-state index contributed by atoms with van der Waals surface area (Å²) in [5.41, 5.74) is 2.75. The minimum absolute atomic E-state index is 0.0995. The number of aryl methyl sites for hydroxylation is 1. The molecule has 0 fully saturated rings. The first kappa shape index (κ1) is 17.9. The van der Waals surface area contributed by atoms with E-state index in [1.54, 1.807) is 12.1 Å². The molecule has 0 radical (unpaired) electrons. The second-order valence-corrected chi connectivity index (χ2v) is 7.39. The zero-order chi connectivity index (χ0) is 18.9. The van der Waals surface area contributed by atoms with Gasteiger partial charge in [-0.2, -0.15) is 0 Å². The maximum absolute atomic E-state index is 13.4. The number of nitrogens with one attached hydrogen (secondary N) is 2. The predicted octanol–water partition coefficient (Wildman–Crippen LogP) is 3.85. The molecule has 0 atom stereocenters. The number of benzene rings is 2. The number of hydrogen-bond acceptors (Lipinski definition) is 3. The van der Waals surface area contributed by atoms with Crippen LogP contribution in [0, 0.1) is 5.82 Å². The highest BCUT2D eigenvalue weighted by Gasteiger charge is 2.15. The van der Waals surface area contributed by atoms with Gasteiger partial charge in [-0.05, 0) is 56.7 Å². The van der Waals surface area contributed by atoms with Crippen LogP contribution in [-0.4, -0.2) is 21.0 Å². The third-order valence-electron chi connectivity index (χ3n) is 3.97. The number of hydrogen-bond donors (Lipinski definition) is 2. The molecule has 0 spiro atoms. The number of rotatable bonds is 4. The molecule has 1 amide bonds. The van der Waals surface area contributed by atoms with E-state index in [9.17, 15) is 9.18 Å². The highest BCUT2D eigenvalue weighted by molar-refractivity contribution is 5.94. The van der Waals surface area contributed by atoms with Crippen LogP contribution >= 0.6 is 0 Å². The first-order valence-electron chi connectivity index (χ1n) is 8.50. The minimum Gasteiger partial charge on any atom is -0.352 e. The maximum Gasteiger partial charge on any atom is 0.251 e. The van der Waals surface area contributed by atoms with Gasteiger partial charge in [0.25, 0.3) is 5.91 Å². The fourth-order valence-corrected chi connectivity index (χ4v) is 2.74. The largest absolute Gasteiger partial charge is 0.352 e. The van der Waals surface area contributed by atoms with Gasteiger partial charge in [0.05, 0.1) is 11.0 Å². The van der Waals surface area contributed by atoms with E-state index in [0.717, 1.165) is 16.6 Å². The standard InChI is InChI=1S/C20H23FN4O/c1-20(2,3)24-18(26)14-7-5-6-13(10-14)12-22-19-23-16-9-8-15(21)11-17(16)25(19)4/h5-11H,12H2,1-4H3,(H,22,23)(H,24,26). The number of anilines is 1. The third-order valence-corrected chi connectivity index (χ3v) is 3.97. The molecule has 6 heteroatoms. The lowest BCUT2D eigenvalue weighted by Crippen LogP contribution is -2.40. The molecule has 0 saturated heterocycles. The van der Waals surface area contributed by atoms with Crippen LogP contribution in [0.3, 0.4) is 0 Å². The molecule has 26 heavy (non-hydrogen) atoms. The highest BCUT2D eigenvalue weighted by Crippen LogP contribution is 2.20. The maximum atomic E-state index is 13.4. The van der Waals surface area contributed by atoms with E-state index in [1.807, 2.05) is 50.6 Å². The topological polar surface area (TPSA) is 59.0 Å². The number of carbonyl (C=O) groups excluding carboxylic acids is 1. The molecule has 0 aliphatic rings. The SMILES string of the molecule is Cn1c(NCc2cccc(C(=O)NC(C)(C)C)c2)nc2ccc(F)cc21.